The lowest BCUT2D eigenvalue weighted by Crippen LogP contribution is -2.34. The topological polar surface area (TPSA) is 15.3 Å². The van der Waals surface area contributed by atoms with Crippen molar-refractivity contribution in [3.8, 4) is 0 Å². The first-order chi connectivity index (χ1) is 8.50. The second kappa shape index (κ2) is 7.80. The number of rotatable bonds is 7. The van der Waals surface area contributed by atoms with E-state index in [4.69, 9.17) is 0 Å². The van der Waals surface area contributed by atoms with Gasteiger partial charge in [0.05, 0.1) is 0 Å². The molecular weight excluding hydrogens is 288 g/mol. The van der Waals surface area contributed by atoms with Crippen molar-refractivity contribution in [2.24, 2.45) is 5.92 Å². The number of nitrogens with one attached hydrogen (secondary N) is 1. The van der Waals surface area contributed by atoms with Gasteiger partial charge < -0.3 is 10.2 Å². The van der Waals surface area contributed by atoms with E-state index in [1.54, 1.807) is 0 Å². The third kappa shape index (κ3) is 5.40. The summed E-state index contributed by atoms with van der Waals surface area (Å²) in [6.07, 6.45) is 1.26. The molecule has 0 aliphatic rings. The lowest BCUT2D eigenvalue weighted by molar-refractivity contribution is 0.236. The van der Waals surface area contributed by atoms with Crippen molar-refractivity contribution in [1.82, 2.24) is 4.90 Å². The maximum absolute atomic E-state index is 3.55. The van der Waals surface area contributed by atoms with Crippen molar-refractivity contribution in [3.05, 3.63) is 28.7 Å². The first-order valence-corrected chi connectivity index (χ1v) is 7.48. The summed E-state index contributed by atoms with van der Waals surface area (Å²) in [5.41, 5.74) is 1.17. The Bertz CT molecular complexity index is 352. The average Bonchev–Trinajstić information content (AvgIpc) is 2.30. The van der Waals surface area contributed by atoms with Crippen LogP contribution in [0.1, 0.15) is 27.2 Å². The molecule has 102 valence electrons. The van der Waals surface area contributed by atoms with E-state index in [-0.39, 0.29) is 0 Å². The molecule has 0 bridgehead atoms. The van der Waals surface area contributed by atoms with E-state index in [1.165, 1.54) is 12.1 Å². The smallest absolute Gasteiger partial charge is 0.0485 e. The fourth-order valence-corrected chi connectivity index (χ4v) is 2.48. The highest BCUT2D eigenvalue weighted by atomic mass is 79.9. The third-order valence-corrected chi connectivity index (χ3v) is 3.91. The molecule has 0 aromatic heterocycles. The molecule has 0 radical (unpaired) electrons. The van der Waals surface area contributed by atoms with Gasteiger partial charge in [-0.05, 0) is 54.4 Å². The lowest BCUT2D eigenvalue weighted by atomic mass is 10.0. The molecule has 0 fully saturated rings. The average molecular weight is 313 g/mol. The highest BCUT2D eigenvalue weighted by Crippen LogP contribution is 2.20. The molecular formula is C15H25BrN2. The molecule has 18 heavy (non-hydrogen) atoms. The van der Waals surface area contributed by atoms with E-state index in [0.717, 1.165) is 23.5 Å². The number of hydrogen-bond donors (Lipinski definition) is 1. The molecule has 0 amide bonds. The Morgan fingerprint density at radius 2 is 1.89 bits per heavy atom. The predicted molar refractivity (Wildman–Crippen MR) is 84.2 cm³/mol. The number of hydrogen-bond acceptors (Lipinski definition) is 2. The number of likely N-dealkylation sites (N-methyl/N-ethyl adjacent to an activating group) is 1. The molecule has 0 saturated carbocycles. The standard InChI is InChI=1S/C15H25BrN2/c1-12(2)11-13(3)18(4)10-9-17-15-8-6-5-7-14(15)16/h5-8,12-13,17H,9-11H2,1-4H3. The quantitative estimate of drug-likeness (QED) is 0.810. The van der Waals surface area contributed by atoms with E-state index >= 15 is 0 Å². The number of benzene rings is 1. The fraction of sp³-hybridized carbons (Fsp3) is 0.600. The van der Waals surface area contributed by atoms with Gasteiger partial charge in [-0.25, -0.2) is 0 Å². The van der Waals surface area contributed by atoms with E-state index in [0.29, 0.717) is 6.04 Å². The minimum absolute atomic E-state index is 0.644. The van der Waals surface area contributed by atoms with Crippen LogP contribution < -0.4 is 5.32 Å². The molecule has 0 spiro atoms. The van der Waals surface area contributed by atoms with Crippen LogP contribution in [0.3, 0.4) is 0 Å². The maximum atomic E-state index is 3.55. The van der Waals surface area contributed by atoms with Crippen molar-refractivity contribution in [2.75, 3.05) is 25.5 Å². The highest BCUT2D eigenvalue weighted by molar-refractivity contribution is 9.10. The van der Waals surface area contributed by atoms with Gasteiger partial charge in [0.2, 0.25) is 0 Å². The van der Waals surface area contributed by atoms with Gasteiger partial charge in [0.1, 0.15) is 0 Å². The van der Waals surface area contributed by atoms with Crippen molar-refractivity contribution >= 4 is 21.6 Å². The second-order valence-electron chi connectivity index (χ2n) is 5.37. The second-order valence-corrected chi connectivity index (χ2v) is 6.22. The van der Waals surface area contributed by atoms with Gasteiger partial charge >= 0.3 is 0 Å². The Morgan fingerprint density at radius 1 is 1.22 bits per heavy atom. The van der Waals surface area contributed by atoms with Crippen LogP contribution in [-0.2, 0) is 0 Å². The van der Waals surface area contributed by atoms with Gasteiger partial charge in [0.15, 0.2) is 0 Å². The Kier molecular flexibility index (Phi) is 6.72. The van der Waals surface area contributed by atoms with Gasteiger partial charge in [0.25, 0.3) is 0 Å². The van der Waals surface area contributed by atoms with E-state index < -0.39 is 0 Å². The molecule has 1 atom stereocenters. The summed E-state index contributed by atoms with van der Waals surface area (Å²) in [4.78, 5) is 2.42. The lowest BCUT2D eigenvalue weighted by Gasteiger charge is -2.26. The Balaban J connectivity index is 2.31. The summed E-state index contributed by atoms with van der Waals surface area (Å²) in [6.45, 7) is 8.91. The van der Waals surface area contributed by atoms with Gasteiger partial charge in [-0.3, -0.25) is 0 Å². The summed E-state index contributed by atoms with van der Waals surface area (Å²) in [5.74, 6) is 0.763. The predicted octanol–water partition coefficient (Wildman–Crippen LogP) is 4.23. The first kappa shape index (κ1) is 15.5. The Morgan fingerprint density at radius 3 is 2.50 bits per heavy atom. The molecule has 1 aromatic rings. The molecule has 3 heteroatoms. The van der Waals surface area contributed by atoms with Gasteiger partial charge in [0, 0.05) is 29.3 Å². The van der Waals surface area contributed by atoms with Crippen molar-refractivity contribution in [2.45, 2.75) is 33.2 Å². The number of halogens is 1. The zero-order valence-electron chi connectivity index (χ0n) is 11.9. The minimum atomic E-state index is 0.644. The largest absolute Gasteiger partial charge is 0.383 e. The molecule has 1 unspecified atom stereocenters. The Hall–Kier alpha value is -0.540. The molecule has 0 heterocycles. The number of nitrogens with zero attached hydrogens (tertiary/aromatic N) is 1. The molecule has 1 aromatic carbocycles. The zero-order valence-corrected chi connectivity index (χ0v) is 13.5. The van der Waals surface area contributed by atoms with E-state index in [1.807, 2.05) is 6.07 Å². The third-order valence-electron chi connectivity index (χ3n) is 3.22. The number of para-hydroxylation sites is 1. The van der Waals surface area contributed by atoms with Crippen LogP contribution in [0, 0.1) is 5.92 Å². The van der Waals surface area contributed by atoms with Crippen LogP contribution in [0.5, 0.6) is 0 Å². The summed E-state index contributed by atoms with van der Waals surface area (Å²) in [7, 11) is 2.20. The maximum Gasteiger partial charge on any atom is 0.0485 e. The van der Waals surface area contributed by atoms with Gasteiger partial charge in [-0.15, -0.1) is 0 Å². The molecule has 1 N–H and O–H groups in total. The summed E-state index contributed by atoms with van der Waals surface area (Å²) >= 11 is 3.55. The molecule has 0 saturated heterocycles. The summed E-state index contributed by atoms with van der Waals surface area (Å²) in [6, 6.07) is 8.89. The normalized spacial score (nSPS) is 13.1. The van der Waals surface area contributed by atoms with Crippen LogP contribution in [0.15, 0.2) is 28.7 Å². The van der Waals surface area contributed by atoms with Crippen LogP contribution in [-0.4, -0.2) is 31.1 Å². The monoisotopic (exact) mass is 312 g/mol. The summed E-state index contributed by atoms with van der Waals surface area (Å²) in [5, 5.41) is 3.46. The fourth-order valence-electron chi connectivity index (χ4n) is 2.05. The van der Waals surface area contributed by atoms with Crippen LogP contribution in [0.4, 0.5) is 5.69 Å². The van der Waals surface area contributed by atoms with Crippen molar-refractivity contribution < 1.29 is 0 Å². The van der Waals surface area contributed by atoms with Crippen LogP contribution in [0.25, 0.3) is 0 Å². The molecule has 0 aliphatic carbocycles. The molecule has 0 aliphatic heterocycles. The summed E-state index contributed by atoms with van der Waals surface area (Å²) < 4.78 is 1.13. The van der Waals surface area contributed by atoms with Crippen molar-refractivity contribution in [3.63, 3.8) is 0 Å². The van der Waals surface area contributed by atoms with Gasteiger partial charge in [-0.1, -0.05) is 26.0 Å². The van der Waals surface area contributed by atoms with E-state index in [9.17, 15) is 0 Å². The van der Waals surface area contributed by atoms with Crippen molar-refractivity contribution in [1.29, 1.82) is 0 Å². The molecule has 2 nitrogen and oxygen atoms in total. The van der Waals surface area contributed by atoms with Crippen LogP contribution >= 0.6 is 15.9 Å². The Labute approximate surface area is 120 Å². The first-order valence-electron chi connectivity index (χ1n) is 6.69. The minimum Gasteiger partial charge on any atom is -0.383 e. The zero-order chi connectivity index (χ0) is 13.5. The molecule has 1 rings (SSSR count). The SMILES string of the molecule is CC(C)CC(C)N(C)CCNc1ccccc1Br. The highest BCUT2D eigenvalue weighted by Gasteiger charge is 2.10. The van der Waals surface area contributed by atoms with E-state index in [2.05, 4.69) is 72.2 Å². The van der Waals surface area contributed by atoms with Gasteiger partial charge in [-0.2, -0.15) is 0 Å². The number of anilines is 1. The van der Waals surface area contributed by atoms with Crippen LogP contribution in [0.2, 0.25) is 0 Å².